The average molecular weight is 239 g/mol. The second-order valence-electron chi connectivity index (χ2n) is 3.70. The molecular weight excluding hydrogens is 226 g/mol. The van der Waals surface area contributed by atoms with Crippen molar-refractivity contribution in [1.82, 2.24) is 15.2 Å². The highest BCUT2D eigenvalue weighted by molar-refractivity contribution is 5.93. The Morgan fingerprint density at radius 2 is 2.12 bits per heavy atom. The lowest BCUT2D eigenvalue weighted by atomic mass is 10.3. The zero-order chi connectivity index (χ0) is 12.4. The number of aryl methyl sites for hydroxylation is 1. The molecule has 2 rings (SSSR count). The summed E-state index contributed by atoms with van der Waals surface area (Å²) in [6, 6.07) is 1.54. The van der Waals surface area contributed by atoms with E-state index in [1.807, 2.05) is 0 Å². The van der Waals surface area contributed by atoms with Crippen LogP contribution in [0, 0.1) is 6.92 Å². The van der Waals surface area contributed by atoms with Gasteiger partial charge in [-0.15, -0.1) is 0 Å². The van der Waals surface area contributed by atoms with Gasteiger partial charge in [0.15, 0.2) is 5.69 Å². The van der Waals surface area contributed by atoms with E-state index in [-0.39, 0.29) is 11.6 Å². The fraction of sp³-hybridized carbons (Fsp3) is 0.500. The van der Waals surface area contributed by atoms with Crippen LogP contribution in [0.5, 0.6) is 0 Å². The first kappa shape index (κ1) is 11.4. The lowest BCUT2D eigenvalue weighted by molar-refractivity contribution is 0.0185. The van der Waals surface area contributed by atoms with Gasteiger partial charge < -0.3 is 9.26 Å². The molecule has 1 aromatic heterocycles. The van der Waals surface area contributed by atoms with Crippen molar-refractivity contribution in [3.05, 3.63) is 17.5 Å². The monoisotopic (exact) mass is 239 g/mol. The van der Waals surface area contributed by atoms with Gasteiger partial charge in [0.05, 0.1) is 7.11 Å². The van der Waals surface area contributed by atoms with Crippen molar-refractivity contribution in [3.63, 3.8) is 0 Å². The molecule has 0 aromatic carbocycles. The van der Waals surface area contributed by atoms with Crippen molar-refractivity contribution in [1.29, 1.82) is 0 Å². The summed E-state index contributed by atoms with van der Waals surface area (Å²) in [6.07, 6.45) is 0.175. The standard InChI is InChI=1S/C10H13N3O4/c1-7-6-8(11-17-7)9(14)12-4-3-5-13(12)10(15)16-2/h6H,3-5H2,1-2H3. The Morgan fingerprint density at radius 1 is 1.41 bits per heavy atom. The third-order valence-corrected chi connectivity index (χ3v) is 2.50. The van der Waals surface area contributed by atoms with Crippen LogP contribution in [0.25, 0.3) is 0 Å². The van der Waals surface area contributed by atoms with Gasteiger partial charge in [0, 0.05) is 19.2 Å². The number of methoxy groups -OCH3 is 1. The number of rotatable bonds is 1. The molecule has 2 heterocycles. The van der Waals surface area contributed by atoms with E-state index in [1.54, 1.807) is 6.92 Å². The van der Waals surface area contributed by atoms with Crippen LogP contribution in [0.4, 0.5) is 4.79 Å². The van der Waals surface area contributed by atoms with Gasteiger partial charge in [-0.1, -0.05) is 5.16 Å². The Labute approximate surface area is 97.9 Å². The molecule has 0 unspecified atom stereocenters. The number of ether oxygens (including phenoxy) is 1. The number of aromatic nitrogens is 1. The topological polar surface area (TPSA) is 75.9 Å². The van der Waals surface area contributed by atoms with Crippen molar-refractivity contribution in [3.8, 4) is 0 Å². The summed E-state index contributed by atoms with van der Waals surface area (Å²) >= 11 is 0. The van der Waals surface area contributed by atoms with Crippen LogP contribution in [-0.2, 0) is 4.74 Å². The number of hydrogen-bond donors (Lipinski definition) is 0. The van der Waals surface area contributed by atoms with E-state index in [0.717, 1.165) is 6.42 Å². The van der Waals surface area contributed by atoms with Gasteiger partial charge in [0.1, 0.15) is 5.76 Å². The van der Waals surface area contributed by atoms with Crippen LogP contribution in [-0.4, -0.2) is 47.4 Å². The molecule has 0 atom stereocenters. The maximum atomic E-state index is 12.0. The van der Waals surface area contributed by atoms with E-state index in [2.05, 4.69) is 9.89 Å². The summed E-state index contributed by atoms with van der Waals surface area (Å²) in [6.45, 7) is 2.64. The number of carbonyl (C=O) groups is 2. The van der Waals surface area contributed by atoms with E-state index in [0.29, 0.717) is 18.8 Å². The zero-order valence-electron chi connectivity index (χ0n) is 9.67. The van der Waals surface area contributed by atoms with Crippen LogP contribution >= 0.6 is 0 Å². The minimum absolute atomic E-state index is 0.193. The summed E-state index contributed by atoms with van der Waals surface area (Å²) < 4.78 is 9.44. The average Bonchev–Trinajstić information content (AvgIpc) is 2.95. The Kier molecular flexibility index (Phi) is 2.99. The first-order valence-electron chi connectivity index (χ1n) is 5.24. The quantitative estimate of drug-likeness (QED) is 0.725. The Hall–Kier alpha value is -2.05. The lowest BCUT2D eigenvalue weighted by Crippen LogP contribution is -2.44. The highest BCUT2D eigenvalue weighted by Gasteiger charge is 2.33. The van der Waals surface area contributed by atoms with Crippen molar-refractivity contribution in [2.75, 3.05) is 20.2 Å². The maximum absolute atomic E-state index is 12.0. The van der Waals surface area contributed by atoms with Crippen molar-refractivity contribution >= 4 is 12.0 Å². The van der Waals surface area contributed by atoms with E-state index in [4.69, 9.17) is 4.52 Å². The first-order valence-corrected chi connectivity index (χ1v) is 5.24. The van der Waals surface area contributed by atoms with E-state index in [1.165, 1.54) is 23.2 Å². The molecule has 1 aliphatic heterocycles. The number of hydrogen-bond acceptors (Lipinski definition) is 5. The molecule has 1 aromatic rings. The van der Waals surface area contributed by atoms with Crippen LogP contribution < -0.4 is 0 Å². The SMILES string of the molecule is COC(=O)N1CCCN1C(=O)c1cc(C)on1. The Morgan fingerprint density at radius 3 is 2.71 bits per heavy atom. The summed E-state index contributed by atoms with van der Waals surface area (Å²) in [4.78, 5) is 23.5. The molecular formula is C10H13N3O4. The van der Waals surface area contributed by atoms with Gasteiger partial charge in [0.25, 0.3) is 5.91 Å². The molecule has 1 fully saturated rings. The number of hydrazine groups is 1. The van der Waals surface area contributed by atoms with Crippen molar-refractivity contribution in [2.45, 2.75) is 13.3 Å². The molecule has 1 saturated heterocycles. The normalized spacial score (nSPS) is 15.2. The van der Waals surface area contributed by atoms with Crippen LogP contribution in [0.3, 0.4) is 0 Å². The van der Waals surface area contributed by atoms with Crippen LogP contribution in [0.1, 0.15) is 22.7 Å². The highest BCUT2D eigenvalue weighted by atomic mass is 16.5. The zero-order valence-corrected chi connectivity index (χ0v) is 9.67. The van der Waals surface area contributed by atoms with Gasteiger partial charge >= 0.3 is 6.09 Å². The van der Waals surface area contributed by atoms with Gasteiger partial charge in [-0.05, 0) is 13.3 Å². The minimum Gasteiger partial charge on any atom is -0.452 e. The molecule has 0 spiro atoms. The molecule has 1 aliphatic rings. The largest absolute Gasteiger partial charge is 0.452 e. The summed E-state index contributed by atoms with van der Waals surface area (Å²) in [5.74, 6) is 0.196. The first-order chi connectivity index (χ1) is 8.13. The smallest absolute Gasteiger partial charge is 0.428 e. The van der Waals surface area contributed by atoms with Gasteiger partial charge in [-0.2, -0.15) is 0 Å². The molecule has 7 heteroatoms. The Bertz CT molecular complexity index is 443. The predicted molar refractivity (Wildman–Crippen MR) is 56.0 cm³/mol. The van der Waals surface area contributed by atoms with Gasteiger partial charge in [-0.25, -0.2) is 14.8 Å². The lowest BCUT2D eigenvalue weighted by Gasteiger charge is -2.25. The molecule has 92 valence electrons. The number of carbonyl (C=O) groups excluding carboxylic acids is 2. The molecule has 0 N–H and O–H groups in total. The predicted octanol–water partition coefficient (Wildman–Crippen LogP) is 0.812. The number of amides is 2. The molecule has 7 nitrogen and oxygen atoms in total. The minimum atomic E-state index is -0.545. The van der Waals surface area contributed by atoms with E-state index < -0.39 is 6.09 Å². The fourth-order valence-electron chi connectivity index (χ4n) is 1.72. The molecule has 17 heavy (non-hydrogen) atoms. The molecule has 0 radical (unpaired) electrons. The van der Waals surface area contributed by atoms with Crippen molar-refractivity contribution in [2.24, 2.45) is 0 Å². The molecule has 0 bridgehead atoms. The third-order valence-electron chi connectivity index (χ3n) is 2.50. The third kappa shape index (κ3) is 2.08. The fourth-order valence-corrected chi connectivity index (χ4v) is 1.72. The Balaban J connectivity index is 2.16. The van der Waals surface area contributed by atoms with Crippen LogP contribution in [0.15, 0.2) is 10.6 Å². The highest BCUT2D eigenvalue weighted by Crippen LogP contribution is 2.15. The second-order valence-corrected chi connectivity index (χ2v) is 3.70. The molecule has 0 aliphatic carbocycles. The summed E-state index contributed by atoms with van der Waals surface area (Å²) in [5.41, 5.74) is 0.193. The van der Waals surface area contributed by atoms with Gasteiger partial charge in [0.2, 0.25) is 0 Å². The summed E-state index contributed by atoms with van der Waals surface area (Å²) in [5, 5.41) is 6.23. The number of nitrogens with zero attached hydrogens (tertiary/aromatic N) is 3. The molecule has 0 saturated carbocycles. The van der Waals surface area contributed by atoms with Crippen LogP contribution in [0.2, 0.25) is 0 Å². The van der Waals surface area contributed by atoms with E-state index >= 15 is 0 Å². The molecule has 2 amide bonds. The van der Waals surface area contributed by atoms with Crippen molar-refractivity contribution < 1.29 is 18.8 Å². The maximum Gasteiger partial charge on any atom is 0.428 e. The van der Waals surface area contributed by atoms with Gasteiger partial charge in [-0.3, -0.25) is 4.79 Å². The summed E-state index contributed by atoms with van der Waals surface area (Å²) in [7, 11) is 1.28. The van der Waals surface area contributed by atoms with E-state index in [9.17, 15) is 9.59 Å². The second kappa shape index (κ2) is 4.44.